The zero-order valence-corrected chi connectivity index (χ0v) is 19.5. The second kappa shape index (κ2) is 11.3. The van der Waals surface area contributed by atoms with Gasteiger partial charge in [-0.2, -0.15) is 0 Å². The topological polar surface area (TPSA) is 90.9 Å². The molecule has 4 rings (SSSR count). The third kappa shape index (κ3) is 6.26. The molecule has 0 fully saturated rings. The van der Waals surface area contributed by atoms with Gasteiger partial charge in [0, 0.05) is 17.2 Å². The predicted molar refractivity (Wildman–Crippen MR) is 130 cm³/mol. The van der Waals surface area contributed by atoms with E-state index in [1.54, 1.807) is 36.4 Å². The maximum Gasteiger partial charge on any atom is 0.339 e. The Kier molecular flexibility index (Phi) is 7.77. The van der Waals surface area contributed by atoms with Gasteiger partial charge in [0.05, 0.1) is 5.56 Å². The summed E-state index contributed by atoms with van der Waals surface area (Å²) < 4.78 is 16.3. The zero-order valence-electron chi connectivity index (χ0n) is 19.5. The van der Waals surface area contributed by atoms with Gasteiger partial charge in [-0.15, -0.1) is 0 Å². The van der Waals surface area contributed by atoms with E-state index in [4.69, 9.17) is 14.2 Å². The van der Waals surface area contributed by atoms with Crippen molar-refractivity contribution in [1.29, 1.82) is 0 Å². The molecule has 0 saturated heterocycles. The molecular weight excluding hydrogens is 446 g/mol. The number of esters is 1. The van der Waals surface area contributed by atoms with Gasteiger partial charge in [-0.25, -0.2) is 4.79 Å². The number of carbonyl (C=O) groups excluding carboxylic acids is 3. The number of benzene rings is 3. The van der Waals surface area contributed by atoms with Gasteiger partial charge < -0.3 is 19.5 Å². The quantitative estimate of drug-likeness (QED) is 0.373. The van der Waals surface area contributed by atoms with Gasteiger partial charge in [-0.05, 0) is 49.6 Å². The van der Waals surface area contributed by atoms with E-state index in [-0.39, 0.29) is 23.0 Å². The van der Waals surface area contributed by atoms with Crippen molar-refractivity contribution < 1.29 is 28.6 Å². The van der Waals surface area contributed by atoms with Crippen molar-refractivity contribution in [2.45, 2.75) is 25.8 Å². The van der Waals surface area contributed by atoms with Crippen LogP contribution in [0.15, 0.2) is 72.8 Å². The molecule has 0 unspecified atom stereocenters. The number of carbonyl (C=O) groups is 3. The van der Waals surface area contributed by atoms with E-state index in [0.29, 0.717) is 30.3 Å². The summed E-state index contributed by atoms with van der Waals surface area (Å²) in [6, 6.07) is 21.2. The highest BCUT2D eigenvalue weighted by molar-refractivity contribution is 6.14. The van der Waals surface area contributed by atoms with Crippen LogP contribution in [0.3, 0.4) is 0 Å². The first-order valence-corrected chi connectivity index (χ1v) is 11.5. The fraction of sp³-hybridized carbons (Fsp3) is 0.250. The summed E-state index contributed by atoms with van der Waals surface area (Å²) in [5.41, 5.74) is 1.84. The maximum absolute atomic E-state index is 13.1. The Morgan fingerprint density at radius 1 is 0.886 bits per heavy atom. The molecule has 7 heteroatoms. The number of aryl methyl sites for hydroxylation is 1. The first kappa shape index (κ1) is 24.0. The van der Waals surface area contributed by atoms with E-state index in [9.17, 15) is 14.4 Å². The van der Waals surface area contributed by atoms with Crippen molar-refractivity contribution >= 4 is 17.7 Å². The molecule has 0 spiro atoms. The lowest BCUT2D eigenvalue weighted by Crippen LogP contribution is -2.36. The minimum atomic E-state index is -0.737. The standard InChI is InChI=1S/C28H27NO6/c1-19(11-12-20-7-3-2-4-8-20)29-26(30)18-35-28(32)23-10-6-5-9-22(23)27(31)21-13-14-24-25(17-21)34-16-15-33-24/h2-10,13-14,17,19H,11-12,15-16,18H2,1H3,(H,29,30)/t19-/m1/s1. The summed E-state index contributed by atoms with van der Waals surface area (Å²) in [4.78, 5) is 38.2. The molecule has 1 atom stereocenters. The van der Waals surface area contributed by atoms with Crippen LogP contribution in [0.4, 0.5) is 0 Å². The number of fused-ring (bicyclic) bond motifs is 1. The van der Waals surface area contributed by atoms with Crippen molar-refractivity contribution in [2.75, 3.05) is 19.8 Å². The molecule has 1 aliphatic heterocycles. The summed E-state index contributed by atoms with van der Waals surface area (Å²) in [7, 11) is 0. The molecule has 7 nitrogen and oxygen atoms in total. The van der Waals surface area contributed by atoms with Gasteiger partial charge in [-0.1, -0.05) is 48.5 Å². The van der Waals surface area contributed by atoms with Gasteiger partial charge in [-0.3, -0.25) is 9.59 Å². The van der Waals surface area contributed by atoms with E-state index in [2.05, 4.69) is 5.32 Å². The van der Waals surface area contributed by atoms with Crippen LogP contribution in [-0.2, 0) is 16.0 Å². The van der Waals surface area contributed by atoms with Crippen molar-refractivity contribution in [3.05, 3.63) is 95.1 Å². The molecule has 0 bridgehead atoms. The van der Waals surface area contributed by atoms with Gasteiger partial charge in [0.15, 0.2) is 23.9 Å². The van der Waals surface area contributed by atoms with Gasteiger partial charge in [0.25, 0.3) is 5.91 Å². The Bertz CT molecular complexity index is 1210. The van der Waals surface area contributed by atoms with Crippen molar-refractivity contribution in [2.24, 2.45) is 0 Å². The van der Waals surface area contributed by atoms with Crippen molar-refractivity contribution in [1.82, 2.24) is 5.32 Å². The summed E-state index contributed by atoms with van der Waals surface area (Å²) in [6.45, 7) is 2.33. The number of ether oxygens (including phenoxy) is 3. The fourth-order valence-corrected chi connectivity index (χ4v) is 3.82. The maximum atomic E-state index is 13.1. The van der Waals surface area contributed by atoms with E-state index < -0.39 is 18.5 Å². The summed E-state index contributed by atoms with van der Waals surface area (Å²) in [5, 5.41) is 2.84. The van der Waals surface area contributed by atoms with E-state index in [1.807, 2.05) is 37.3 Å². The smallest absolute Gasteiger partial charge is 0.339 e. The lowest BCUT2D eigenvalue weighted by atomic mass is 9.98. The van der Waals surface area contributed by atoms with Crippen LogP contribution >= 0.6 is 0 Å². The summed E-state index contributed by atoms with van der Waals surface area (Å²) in [5.74, 6) is -0.425. The lowest BCUT2D eigenvalue weighted by Gasteiger charge is -2.18. The SMILES string of the molecule is C[C@H](CCc1ccccc1)NC(=O)COC(=O)c1ccccc1C(=O)c1ccc2c(c1)OCCO2. The number of hydrogen-bond acceptors (Lipinski definition) is 6. The number of amides is 1. The Labute approximate surface area is 204 Å². The number of ketones is 1. The number of nitrogens with one attached hydrogen (secondary N) is 1. The molecule has 0 aromatic heterocycles. The molecular formula is C28H27NO6. The molecule has 0 radical (unpaired) electrons. The number of hydrogen-bond donors (Lipinski definition) is 1. The van der Waals surface area contributed by atoms with Crippen molar-refractivity contribution in [3.8, 4) is 11.5 Å². The van der Waals surface area contributed by atoms with Crippen LogP contribution < -0.4 is 14.8 Å². The predicted octanol–water partition coefficient (Wildman–Crippen LogP) is 3.98. The average Bonchev–Trinajstić information content (AvgIpc) is 2.90. The van der Waals surface area contributed by atoms with Crippen LogP contribution in [0.1, 0.15) is 45.2 Å². The normalized spacial score (nSPS) is 12.9. The Balaban J connectivity index is 1.34. The highest BCUT2D eigenvalue weighted by Gasteiger charge is 2.22. The monoisotopic (exact) mass is 473 g/mol. The highest BCUT2D eigenvalue weighted by atomic mass is 16.6. The van der Waals surface area contributed by atoms with E-state index in [0.717, 1.165) is 12.8 Å². The molecule has 1 N–H and O–H groups in total. The Hall–Kier alpha value is -4.13. The third-order valence-corrected chi connectivity index (χ3v) is 5.65. The molecule has 3 aromatic rings. The zero-order chi connectivity index (χ0) is 24.6. The molecule has 0 aliphatic carbocycles. The minimum Gasteiger partial charge on any atom is -0.486 e. The minimum absolute atomic E-state index is 0.0783. The average molecular weight is 474 g/mol. The van der Waals surface area contributed by atoms with Gasteiger partial charge >= 0.3 is 5.97 Å². The molecule has 1 heterocycles. The molecule has 3 aromatic carbocycles. The largest absolute Gasteiger partial charge is 0.486 e. The third-order valence-electron chi connectivity index (χ3n) is 5.65. The molecule has 1 aliphatic rings. The van der Waals surface area contributed by atoms with Crippen LogP contribution in [0.5, 0.6) is 11.5 Å². The summed E-state index contributed by atoms with van der Waals surface area (Å²) >= 11 is 0. The number of rotatable bonds is 9. The fourth-order valence-electron chi connectivity index (χ4n) is 3.82. The van der Waals surface area contributed by atoms with Crippen LogP contribution in [0.2, 0.25) is 0 Å². The van der Waals surface area contributed by atoms with Crippen LogP contribution in [0, 0.1) is 0 Å². The second-order valence-electron chi connectivity index (χ2n) is 8.30. The Morgan fingerprint density at radius 3 is 2.34 bits per heavy atom. The molecule has 35 heavy (non-hydrogen) atoms. The molecule has 0 saturated carbocycles. The van der Waals surface area contributed by atoms with Gasteiger partial charge in [0.1, 0.15) is 13.2 Å². The van der Waals surface area contributed by atoms with E-state index >= 15 is 0 Å². The molecule has 1 amide bonds. The summed E-state index contributed by atoms with van der Waals surface area (Å²) in [6.07, 6.45) is 1.59. The highest BCUT2D eigenvalue weighted by Crippen LogP contribution is 2.31. The van der Waals surface area contributed by atoms with Crippen LogP contribution in [-0.4, -0.2) is 43.5 Å². The van der Waals surface area contributed by atoms with E-state index in [1.165, 1.54) is 11.6 Å². The van der Waals surface area contributed by atoms with Crippen LogP contribution in [0.25, 0.3) is 0 Å². The second-order valence-corrected chi connectivity index (χ2v) is 8.30. The first-order chi connectivity index (χ1) is 17.0. The first-order valence-electron chi connectivity index (χ1n) is 11.5. The lowest BCUT2D eigenvalue weighted by molar-refractivity contribution is -0.124. The van der Waals surface area contributed by atoms with Gasteiger partial charge in [0.2, 0.25) is 0 Å². The molecule has 180 valence electrons. The van der Waals surface area contributed by atoms with Crippen molar-refractivity contribution in [3.63, 3.8) is 0 Å². The Morgan fingerprint density at radius 2 is 1.57 bits per heavy atom.